The Balaban J connectivity index is 1.39. The number of nitriles is 1. The van der Waals surface area contributed by atoms with Gasteiger partial charge in [0.2, 0.25) is 0 Å². The number of hydrogen-bond donors (Lipinski definition) is 0. The maximum atomic E-state index is 9.23. The molecule has 4 nitrogen and oxygen atoms in total. The molecule has 2 aliphatic rings. The summed E-state index contributed by atoms with van der Waals surface area (Å²) in [5.41, 5.74) is 1.54. The summed E-state index contributed by atoms with van der Waals surface area (Å²) >= 11 is 0. The van der Waals surface area contributed by atoms with Crippen molar-refractivity contribution in [3.8, 4) is 17.4 Å². The van der Waals surface area contributed by atoms with Crippen molar-refractivity contribution in [1.82, 2.24) is 9.80 Å². The van der Waals surface area contributed by atoms with Crippen molar-refractivity contribution in [2.45, 2.75) is 6.54 Å². The first-order valence-electron chi connectivity index (χ1n) is 8.61. The second-order valence-corrected chi connectivity index (χ2v) is 7.37. The van der Waals surface area contributed by atoms with Crippen LogP contribution in [-0.4, -0.2) is 43.5 Å². The second-order valence-electron chi connectivity index (χ2n) is 7.37. The molecule has 0 N–H and O–H groups in total. The zero-order chi connectivity index (χ0) is 16.7. The molecule has 1 aliphatic carbocycles. The summed E-state index contributed by atoms with van der Waals surface area (Å²) < 4.78 is 6.01. The number of rotatable bonds is 5. The molecule has 24 heavy (non-hydrogen) atoms. The van der Waals surface area contributed by atoms with E-state index in [1.165, 1.54) is 19.6 Å². The monoisotopic (exact) mass is 321 g/mol. The Morgan fingerprint density at radius 1 is 1.17 bits per heavy atom. The average Bonchev–Trinajstić information content (AvgIpc) is 2.98. The fourth-order valence-corrected chi connectivity index (χ4v) is 4.18. The molecular weight excluding hydrogens is 298 g/mol. The molecule has 1 saturated carbocycles. The fourth-order valence-electron chi connectivity index (χ4n) is 4.18. The number of furan rings is 1. The molecule has 124 valence electrons. The van der Waals surface area contributed by atoms with Crippen LogP contribution in [0.2, 0.25) is 0 Å². The van der Waals surface area contributed by atoms with Crippen LogP contribution >= 0.6 is 0 Å². The van der Waals surface area contributed by atoms with Crippen molar-refractivity contribution in [2.24, 2.45) is 17.8 Å². The van der Waals surface area contributed by atoms with Gasteiger partial charge in [0, 0.05) is 25.2 Å². The van der Waals surface area contributed by atoms with Crippen molar-refractivity contribution < 1.29 is 4.42 Å². The smallest absolute Gasteiger partial charge is 0.135 e. The largest absolute Gasteiger partial charge is 0.460 e. The molecule has 2 aromatic rings. The first kappa shape index (κ1) is 15.4. The van der Waals surface area contributed by atoms with Crippen LogP contribution in [0.3, 0.4) is 0 Å². The molecule has 0 spiro atoms. The van der Waals surface area contributed by atoms with E-state index in [1.807, 2.05) is 36.4 Å². The minimum Gasteiger partial charge on any atom is -0.460 e. The van der Waals surface area contributed by atoms with Gasteiger partial charge in [0.05, 0.1) is 18.2 Å². The van der Waals surface area contributed by atoms with Crippen molar-refractivity contribution in [1.29, 1.82) is 5.26 Å². The van der Waals surface area contributed by atoms with E-state index in [0.29, 0.717) is 5.56 Å². The zero-order valence-electron chi connectivity index (χ0n) is 14.3. The lowest BCUT2D eigenvalue weighted by Gasteiger charge is -2.19. The molecule has 1 aromatic carbocycles. The van der Waals surface area contributed by atoms with E-state index < -0.39 is 0 Å². The van der Waals surface area contributed by atoms with Gasteiger partial charge >= 0.3 is 0 Å². The molecule has 0 amide bonds. The summed E-state index contributed by atoms with van der Waals surface area (Å²) in [5.74, 6) is 4.42. The number of benzene rings is 1. The highest BCUT2D eigenvalue weighted by molar-refractivity contribution is 5.66. The van der Waals surface area contributed by atoms with Crippen molar-refractivity contribution in [3.63, 3.8) is 0 Å². The molecule has 2 heterocycles. The lowest BCUT2D eigenvalue weighted by molar-refractivity contribution is 0.241. The van der Waals surface area contributed by atoms with Crippen LogP contribution in [0.4, 0.5) is 0 Å². The molecule has 1 aliphatic heterocycles. The number of hydrogen-bond acceptors (Lipinski definition) is 4. The standard InChI is InChI=1S/C20H23N3O/c1-22(2)11-17-18-12-23(13-19(17)18)10-15-7-8-20(24-15)16-6-4-3-5-14(16)9-21/h3-8,17-19H,10-13H2,1-2H3/t17?,18-,19+. The highest BCUT2D eigenvalue weighted by atomic mass is 16.3. The molecule has 4 rings (SSSR count). The van der Waals surface area contributed by atoms with Crippen molar-refractivity contribution in [2.75, 3.05) is 33.7 Å². The predicted molar refractivity (Wildman–Crippen MR) is 93.2 cm³/mol. The van der Waals surface area contributed by atoms with E-state index >= 15 is 0 Å². The Hall–Kier alpha value is -2.09. The lowest BCUT2D eigenvalue weighted by Crippen LogP contribution is -2.27. The van der Waals surface area contributed by atoms with Gasteiger partial charge in [0.25, 0.3) is 0 Å². The van der Waals surface area contributed by atoms with Crippen LogP contribution < -0.4 is 0 Å². The maximum absolute atomic E-state index is 9.23. The molecule has 4 heteroatoms. The van der Waals surface area contributed by atoms with Crippen LogP contribution in [0.15, 0.2) is 40.8 Å². The fraction of sp³-hybridized carbons (Fsp3) is 0.450. The quantitative estimate of drug-likeness (QED) is 0.849. The molecule has 1 saturated heterocycles. The van der Waals surface area contributed by atoms with Crippen molar-refractivity contribution in [3.05, 3.63) is 47.7 Å². The summed E-state index contributed by atoms with van der Waals surface area (Å²) in [5, 5.41) is 9.23. The summed E-state index contributed by atoms with van der Waals surface area (Å²) in [6.07, 6.45) is 0. The van der Waals surface area contributed by atoms with Gasteiger partial charge in [-0.05, 0) is 56.1 Å². The molecule has 2 fully saturated rings. The number of nitrogens with zero attached hydrogens (tertiary/aromatic N) is 3. The van der Waals surface area contributed by atoms with Gasteiger partial charge in [-0.15, -0.1) is 0 Å². The minimum absolute atomic E-state index is 0.660. The van der Waals surface area contributed by atoms with E-state index in [2.05, 4.69) is 30.0 Å². The van der Waals surface area contributed by atoms with Gasteiger partial charge in [0.1, 0.15) is 11.5 Å². The Morgan fingerprint density at radius 3 is 2.62 bits per heavy atom. The van der Waals surface area contributed by atoms with Crippen LogP contribution in [0, 0.1) is 29.1 Å². The Labute approximate surface area is 143 Å². The summed E-state index contributed by atoms with van der Waals surface area (Å²) in [7, 11) is 4.32. The van der Waals surface area contributed by atoms with Gasteiger partial charge in [-0.1, -0.05) is 12.1 Å². The summed E-state index contributed by atoms with van der Waals surface area (Å²) in [6.45, 7) is 4.47. The van der Waals surface area contributed by atoms with Gasteiger partial charge in [0.15, 0.2) is 0 Å². The topological polar surface area (TPSA) is 43.4 Å². The van der Waals surface area contributed by atoms with Crippen molar-refractivity contribution >= 4 is 0 Å². The van der Waals surface area contributed by atoms with Crippen LogP contribution in [0.1, 0.15) is 11.3 Å². The van der Waals surface area contributed by atoms with Gasteiger partial charge in [-0.3, -0.25) is 4.90 Å². The highest BCUT2D eigenvalue weighted by Crippen LogP contribution is 2.52. The lowest BCUT2D eigenvalue weighted by atomic mass is 10.1. The van der Waals surface area contributed by atoms with E-state index in [-0.39, 0.29) is 0 Å². The summed E-state index contributed by atoms with van der Waals surface area (Å²) in [4.78, 5) is 4.80. The normalized spacial score (nSPS) is 25.7. The first-order valence-corrected chi connectivity index (χ1v) is 8.61. The van der Waals surface area contributed by atoms with E-state index in [9.17, 15) is 5.26 Å². The summed E-state index contributed by atoms with van der Waals surface area (Å²) in [6, 6.07) is 13.9. The SMILES string of the molecule is CN(C)CC1[C@H]2CN(Cc3ccc(-c4ccccc4C#N)o3)C[C@@H]12. The number of piperidine rings is 1. The minimum atomic E-state index is 0.660. The molecular formula is C20H23N3O. The van der Waals surface area contributed by atoms with E-state index in [4.69, 9.17) is 4.42 Å². The molecule has 1 aromatic heterocycles. The average molecular weight is 321 g/mol. The Bertz CT molecular complexity index is 761. The zero-order valence-corrected chi connectivity index (χ0v) is 14.3. The Morgan fingerprint density at radius 2 is 1.92 bits per heavy atom. The van der Waals surface area contributed by atoms with E-state index in [1.54, 1.807) is 0 Å². The van der Waals surface area contributed by atoms with Gasteiger partial charge in [-0.25, -0.2) is 0 Å². The molecule has 3 atom stereocenters. The first-order chi connectivity index (χ1) is 11.7. The third kappa shape index (κ3) is 2.86. The molecule has 1 unspecified atom stereocenters. The molecule has 0 bridgehead atoms. The van der Waals surface area contributed by atoms with Gasteiger partial charge in [-0.2, -0.15) is 5.26 Å². The molecule has 0 radical (unpaired) electrons. The second kappa shape index (κ2) is 6.08. The van der Waals surface area contributed by atoms with Crippen LogP contribution in [-0.2, 0) is 6.54 Å². The van der Waals surface area contributed by atoms with E-state index in [0.717, 1.165) is 41.4 Å². The Kier molecular flexibility index (Phi) is 3.91. The number of fused-ring (bicyclic) bond motifs is 1. The highest BCUT2D eigenvalue weighted by Gasteiger charge is 2.55. The third-order valence-electron chi connectivity index (χ3n) is 5.38. The third-order valence-corrected chi connectivity index (χ3v) is 5.38. The predicted octanol–water partition coefficient (Wildman–Crippen LogP) is 3.06. The maximum Gasteiger partial charge on any atom is 0.135 e. The van der Waals surface area contributed by atoms with Gasteiger partial charge < -0.3 is 9.32 Å². The number of likely N-dealkylation sites (tertiary alicyclic amines) is 1. The van der Waals surface area contributed by atoms with Crippen LogP contribution in [0.25, 0.3) is 11.3 Å². The van der Waals surface area contributed by atoms with Crippen LogP contribution in [0.5, 0.6) is 0 Å².